The second-order valence-corrected chi connectivity index (χ2v) is 10.6. The fourth-order valence-corrected chi connectivity index (χ4v) is 6.03. The summed E-state index contributed by atoms with van der Waals surface area (Å²) < 4.78 is 0. The van der Waals surface area contributed by atoms with E-state index >= 15 is 0 Å². The largest absolute Gasteiger partial charge is 0.254 e. The van der Waals surface area contributed by atoms with E-state index in [0.29, 0.717) is 0 Å². The van der Waals surface area contributed by atoms with Crippen LogP contribution < -0.4 is 0 Å². The molecule has 0 atom stereocenters. The van der Waals surface area contributed by atoms with Gasteiger partial charge in [0.05, 0.1) is 17.1 Å². The summed E-state index contributed by atoms with van der Waals surface area (Å²) in [5.74, 6) is 0. The van der Waals surface area contributed by atoms with E-state index < -0.39 is 0 Å². The molecule has 42 heavy (non-hydrogen) atoms. The molecule has 0 aliphatic carbocycles. The molecular weight excluding hydrogens is 508 g/mol. The third-order valence-electron chi connectivity index (χ3n) is 8.11. The Bertz CT molecular complexity index is 2230. The number of benzene rings is 6. The van der Waals surface area contributed by atoms with Crippen molar-refractivity contribution in [2.24, 2.45) is 0 Å². The molecule has 0 fully saturated rings. The molecule has 0 aliphatic rings. The first-order chi connectivity index (χ1) is 20.8. The zero-order valence-corrected chi connectivity index (χ0v) is 22.9. The highest BCUT2D eigenvalue weighted by Crippen LogP contribution is 2.38. The van der Waals surface area contributed by atoms with Crippen LogP contribution in [0.15, 0.2) is 158 Å². The van der Waals surface area contributed by atoms with Crippen molar-refractivity contribution in [2.45, 2.75) is 0 Å². The highest BCUT2D eigenvalue weighted by Gasteiger charge is 2.15. The van der Waals surface area contributed by atoms with Gasteiger partial charge in [-0.2, -0.15) is 0 Å². The molecule has 0 bridgehead atoms. The maximum Gasteiger partial charge on any atom is 0.0964 e. The molecule has 0 saturated carbocycles. The van der Waals surface area contributed by atoms with Crippen LogP contribution in [0.2, 0.25) is 0 Å². The molecule has 2 aromatic heterocycles. The fraction of sp³-hybridized carbons (Fsp3) is 0. The predicted molar refractivity (Wildman–Crippen MR) is 176 cm³/mol. The number of fused-ring (bicyclic) bond motifs is 4. The number of hydrogen-bond acceptors (Lipinski definition) is 2. The van der Waals surface area contributed by atoms with E-state index in [1.165, 1.54) is 32.7 Å². The molecular formula is C40H26N2. The first-order valence-electron chi connectivity index (χ1n) is 14.2. The van der Waals surface area contributed by atoms with E-state index in [-0.39, 0.29) is 0 Å². The maximum absolute atomic E-state index is 5.31. The summed E-state index contributed by atoms with van der Waals surface area (Å²) in [6.07, 6.45) is 1.88. The van der Waals surface area contributed by atoms with Gasteiger partial charge in [-0.3, -0.25) is 4.98 Å². The quantitative estimate of drug-likeness (QED) is 0.210. The lowest BCUT2D eigenvalue weighted by atomic mass is 9.93. The highest BCUT2D eigenvalue weighted by atomic mass is 14.8. The summed E-state index contributed by atoms with van der Waals surface area (Å²) >= 11 is 0. The summed E-state index contributed by atoms with van der Waals surface area (Å²) in [5, 5.41) is 7.13. The smallest absolute Gasteiger partial charge is 0.0964 e. The standard InChI is InChI=1S/C40H26N2/c1-2-10-27(11-3-1)28-18-20-29(21-19-28)32-25-38(42-39(26-32)40-34-15-7-4-12-30(34)22-23-41-40)37-24-31-13-5-6-14-33(31)35-16-8-9-17-36(35)37/h1-26H. The zero-order chi connectivity index (χ0) is 27.9. The van der Waals surface area contributed by atoms with Crippen LogP contribution in [-0.4, -0.2) is 9.97 Å². The molecule has 0 N–H and O–H groups in total. The second kappa shape index (κ2) is 10.1. The average molecular weight is 535 g/mol. The molecule has 0 spiro atoms. The minimum atomic E-state index is 0.865. The van der Waals surface area contributed by atoms with E-state index in [2.05, 4.69) is 152 Å². The van der Waals surface area contributed by atoms with Gasteiger partial charge in [-0.05, 0) is 73.5 Å². The number of pyridine rings is 2. The van der Waals surface area contributed by atoms with Crippen LogP contribution in [0.5, 0.6) is 0 Å². The van der Waals surface area contributed by atoms with Crippen LogP contribution >= 0.6 is 0 Å². The lowest BCUT2D eigenvalue weighted by Gasteiger charge is -2.14. The SMILES string of the molecule is c1ccc(-c2ccc(-c3cc(-c4nccc5ccccc45)nc(-c4cc5ccccc5c5ccccc45)c3)cc2)cc1. The molecule has 2 nitrogen and oxygen atoms in total. The third kappa shape index (κ3) is 4.22. The number of rotatable bonds is 4. The summed E-state index contributed by atoms with van der Waals surface area (Å²) in [5.41, 5.74) is 8.48. The van der Waals surface area contributed by atoms with E-state index in [1.807, 2.05) is 6.20 Å². The van der Waals surface area contributed by atoms with Gasteiger partial charge in [0.2, 0.25) is 0 Å². The normalized spacial score (nSPS) is 11.3. The molecule has 8 aromatic rings. The Morgan fingerprint density at radius 3 is 1.71 bits per heavy atom. The second-order valence-electron chi connectivity index (χ2n) is 10.6. The lowest BCUT2D eigenvalue weighted by molar-refractivity contribution is 1.27. The van der Waals surface area contributed by atoms with Crippen LogP contribution in [-0.2, 0) is 0 Å². The first-order valence-corrected chi connectivity index (χ1v) is 14.2. The van der Waals surface area contributed by atoms with Crippen LogP contribution in [0.1, 0.15) is 0 Å². The van der Waals surface area contributed by atoms with Gasteiger partial charge < -0.3 is 0 Å². The van der Waals surface area contributed by atoms with Crippen molar-refractivity contribution in [1.29, 1.82) is 0 Å². The Morgan fingerprint density at radius 2 is 0.929 bits per heavy atom. The molecule has 0 radical (unpaired) electrons. The molecule has 196 valence electrons. The van der Waals surface area contributed by atoms with Gasteiger partial charge in [-0.25, -0.2) is 4.98 Å². The zero-order valence-electron chi connectivity index (χ0n) is 22.9. The topological polar surface area (TPSA) is 25.8 Å². The number of aromatic nitrogens is 2. The molecule has 0 saturated heterocycles. The van der Waals surface area contributed by atoms with Gasteiger partial charge in [0.25, 0.3) is 0 Å². The minimum Gasteiger partial charge on any atom is -0.254 e. The van der Waals surface area contributed by atoms with Gasteiger partial charge >= 0.3 is 0 Å². The Balaban J connectivity index is 1.38. The van der Waals surface area contributed by atoms with Crippen molar-refractivity contribution in [3.05, 3.63) is 158 Å². The van der Waals surface area contributed by atoms with E-state index in [4.69, 9.17) is 9.97 Å². The molecule has 0 unspecified atom stereocenters. The molecule has 0 amide bonds. The minimum absolute atomic E-state index is 0.865. The maximum atomic E-state index is 5.31. The van der Waals surface area contributed by atoms with Gasteiger partial charge in [0, 0.05) is 17.1 Å². The summed E-state index contributed by atoms with van der Waals surface area (Å²) in [7, 11) is 0. The Labute approximate surface area is 244 Å². The van der Waals surface area contributed by atoms with E-state index in [0.717, 1.165) is 44.5 Å². The van der Waals surface area contributed by atoms with Gasteiger partial charge in [0.15, 0.2) is 0 Å². The van der Waals surface area contributed by atoms with E-state index in [9.17, 15) is 0 Å². The van der Waals surface area contributed by atoms with Crippen molar-refractivity contribution in [1.82, 2.24) is 9.97 Å². The molecule has 2 heterocycles. The summed E-state index contributed by atoms with van der Waals surface area (Å²) in [4.78, 5) is 10.2. The summed E-state index contributed by atoms with van der Waals surface area (Å²) in [6.45, 7) is 0. The van der Waals surface area contributed by atoms with Crippen molar-refractivity contribution in [3.8, 4) is 44.9 Å². The molecule has 6 aromatic carbocycles. The molecule has 2 heteroatoms. The molecule has 8 rings (SSSR count). The first kappa shape index (κ1) is 24.2. The van der Waals surface area contributed by atoms with E-state index in [1.54, 1.807) is 0 Å². The van der Waals surface area contributed by atoms with Crippen molar-refractivity contribution in [3.63, 3.8) is 0 Å². The third-order valence-corrected chi connectivity index (χ3v) is 8.11. The Morgan fingerprint density at radius 1 is 0.357 bits per heavy atom. The van der Waals surface area contributed by atoms with Gasteiger partial charge in [-0.1, -0.05) is 127 Å². The monoisotopic (exact) mass is 534 g/mol. The summed E-state index contributed by atoms with van der Waals surface area (Å²) in [6, 6.07) is 53.7. The average Bonchev–Trinajstić information content (AvgIpc) is 3.08. The van der Waals surface area contributed by atoms with Gasteiger partial charge in [0.1, 0.15) is 0 Å². The Kier molecular flexibility index (Phi) is 5.82. The highest BCUT2D eigenvalue weighted by molar-refractivity contribution is 6.13. The van der Waals surface area contributed by atoms with Gasteiger partial charge in [-0.15, -0.1) is 0 Å². The van der Waals surface area contributed by atoms with Crippen LogP contribution in [0, 0.1) is 0 Å². The Hall–Kier alpha value is -5.60. The number of hydrogen-bond donors (Lipinski definition) is 0. The van der Waals surface area contributed by atoms with Crippen molar-refractivity contribution >= 4 is 32.3 Å². The fourth-order valence-electron chi connectivity index (χ4n) is 6.03. The van der Waals surface area contributed by atoms with Crippen LogP contribution in [0.3, 0.4) is 0 Å². The van der Waals surface area contributed by atoms with Crippen molar-refractivity contribution in [2.75, 3.05) is 0 Å². The van der Waals surface area contributed by atoms with Crippen molar-refractivity contribution < 1.29 is 0 Å². The number of nitrogens with zero attached hydrogens (tertiary/aromatic N) is 2. The predicted octanol–water partition coefficient (Wildman–Crippen LogP) is 10.6. The van der Waals surface area contributed by atoms with Crippen LogP contribution in [0.4, 0.5) is 0 Å². The lowest BCUT2D eigenvalue weighted by Crippen LogP contribution is -1.95. The van der Waals surface area contributed by atoms with Crippen LogP contribution in [0.25, 0.3) is 77.2 Å². The molecule has 0 aliphatic heterocycles.